The zero-order valence-corrected chi connectivity index (χ0v) is 14.1. The molecule has 0 saturated carbocycles. The van der Waals surface area contributed by atoms with Crippen molar-refractivity contribution in [2.75, 3.05) is 42.6 Å². The first-order chi connectivity index (χ1) is 10.8. The highest BCUT2D eigenvalue weighted by atomic mass is 32.2. The van der Waals surface area contributed by atoms with Gasteiger partial charge in [-0.1, -0.05) is 31.0 Å². The summed E-state index contributed by atoms with van der Waals surface area (Å²) < 4.78 is 0. The fraction of sp³-hybridized carbons (Fsp3) is 0.611. The molecule has 1 saturated heterocycles. The Morgan fingerprint density at radius 1 is 1.05 bits per heavy atom. The minimum absolute atomic E-state index is 0.269. The third-order valence-corrected chi connectivity index (χ3v) is 5.59. The first-order valence-corrected chi connectivity index (χ1v) is 9.68. The monoisotopic (exact) mass is 318 g/mol. The quantitative estimate of drug-likeness (QED) is 0.779. The van der Waals surface area contributed by atoms with E-state index in [9.17, 15) is 4.79 Å². The van der Waals surface area contributed by atoms with Crippen LogP contribution < -0.4 is 4.90 Å². The van der Waals surface area contributed by atoms with E-state index < -0.39 is 0 Å². The highest BCUT2D eigenvalue weighted by Crippen LogP contribution is 2.27. The molecule has 3 nitrogen and oxygen atoms in total. The maximum absolute atomic E-state index is 12.4. The van der Waals surface area contributed by atoms with Crippen molar-refractivity contribution in [3.05, 3.63) is 29.8 Å². The lowest BCUT2D eigenvalue weighted by atomic mass is 10.2. The van der Waals surface area contributed by atoms with Gasteiger partial charge in [-0.3, -0.25) is 4.79 Å². The number of likely N-dealkylation sites (tertiary alicyclic amines) is 1. The number of nitrogens with zero attached hydrogens (tertiary/aromatic N) is 2. The van der Waals surface area contributed by atoms with Gasteiger partial charge < -0.3 is 9.80 Å². The number of fused-ring (bicyclic) bond motifs is 1. The Kier molecular flexibility index (Phi) is 5.79. The van der Waals surface area contributed by atoms with Crippen molar-refractivity contribution in [2.45, 2.75) is 32.1 Å². The highest BCUT2D eigenvalue weighted by molar-refractivity contribution is 7.99. The van der Waals surface area contributed by atoms with Crippen LogP contribution in [0.15, 0.2) is 24.3 Å². The summed E-state index contributed by atoms with van der Waals surface area (Å²) >= 11 is 1.79. The van der Waals surface area contributed by atoms with Gasteiger partial charge in [0, 0.05) is 24.5 Å². The molecule has 0 aliphatic carbocycles. The number of anilines is 1. The number of hydrogen-bond acceptors (Lipinski definition) is 3. The molecule has 2 heterocycles. The van der Waals surface area contributed by atoms with Crippen molar-refractivity contribution < 1.29 is 4.79 Å². The van der Waals surface area contributed by atoms with Crippen LogP contribution in [0, 0.1) is 0 Å². The summed E-state index contributed by atoms with van der Waals surface area (Å²) in [5, 5.41) is 0. The predicted molar refractivity (Wildman–Crippen MR) is 94.7 cm³/mol. The van der Waals surface area contributed by atoms with Crippen LogP contribution in [0.3, 0.4) is 0 Å². The van der Waals surface area contributed by atoms with E-state index in [0.29, 0.717) is 5.75 Å². The summed E-state index contributed by atoms with van der Waals surface area (Å²) in [7, 11) is 0. The SMILES string of the molecule is O=C(CSCCN1CCCCCC1)N1CCc2ccccc21. The molecule has 4 heteroatoms. The molecule has 0 unspecified atom stereocenters. The highest BCUT2D eigenvalue weighted by Gasteiger charge is 2.23. The third kappa shape index (κ3) is 4.05. The van der Waals surface area contributed by atoms with Gasteiger partial charge in [-0.15, -0.1) is 0 Å². The normalized spacial score (nSPS) is 19.0. The molecule has 0 atom stereocenters. The second-order valence-electron chi connectivity index (χ2n) is 6.23. The smallest absolute Gasteiger partial charge is 0.236 e. The lowest BCUT2D eigenvalue weighted by Gasteiger charge is -2.20. The molecule has 0 spiro atoms. The third-order valence-electron chi connectivity index (χ3n) is 4.66. The first-order valence-electron chi connectivity index (χ1n) is 8.53. The van der Waals surface area contributed by atoms with E-state index >= 15 is 0 Å². The van der Waals surface area contributed by atoms with E-state index in [4.69, 9.17) is 0 Å². The largest absolute Gasteiger partial charge is 0.311 e. The van der Waals surface area contributed by atoms with Gasteiger partial charge in [0.2, 0.25) is 5.91 Å². The Hall–Kier alpha value is -1.00. The Bertz CT molecular complexity index is 498. The second-order valence-corrected chi connectivity index (χ2v) is 7.34. The molecule has 1 amide bonds. The van der Waals surface area contributed by atoms with Gasteiger partial charge in [0.25, 0.3) is 0 Å². The molecule has 22 heavy (non-hydrogen) atoms. The number of thioether (sulfide) groups is 1. The van der Waals surface area contributed by atoms with Crippen LogP contribution in [0.2, 0.25) is 0 Å². The summed E-state index contributed by atoms with van der Waals surface area (Å²) in [6.07, 6.45) is 6.45. The fourth-order valence-electron chi connectivity index (χ4n) is 3.39. The van der Waals surface area contributed by atoms with Gasteiger partial charge in [0.1, 0.15) is 0 Å². The zero-order valence-electron chi connectivity index (χ0n) is 13.3. The van der Waals surface area contributed by atoms with E-state index in [1.54, 1.807) is 11.8 Å². The van der Waals surface area contributed by atoms with Crippen LogP contribution in [0.4, 0.5) is 5.69 Å². The summed E-state index contributed by atoms with van der Waals surface area (Å²) in [5.41, 5.74) is 2.44. The molecule has 1 fully saturated rings. The van der Waals surface area contributed by atoms with E-state index in [-0.39, 0.29) is 5.91 Å². The van der Waals surface area contributed by atoms with Crippen LogP contribution in [0.1, 0.15) is 31.2 Å². The Morgan fingerprint density at radius 3 is 2.64 bits per heavy atom. The predicted octanol–water partition coefficient (Wildman–Crippen LogP) is 3.18. The fourth-order valence-corrected chi connectivity index (χ4v) is 4.25. The Balaban J connectivity index is 1.40. The van der Waals surface area contributed by atoms with Gasteiger partial charge in [-0.25, -0.2) is 0 Å². The topological polar surface area (TPSA) is 23.6 Å². The molecule has 120 valence electrons. The van der Waals surface area contributed by atoms with E-state index in [1.807, 2.05) is 11.0 Å². The molecular formula is C18H26N2OS. The first kappa shape index (κ1) is 15.9. The van der Waals surface area contributed by atoms with Gasteiger partial charge >= 0.3 is 0 Å². The van der Waals surface area contributed by atoms with E-state index in [2.05, 4.69) is 23.1 Å². The van der Waals surface area contributed by atoms with E-state index in [0.717, 1.165) is 31.0 Å². The van der Waals surface area contributed by atoms with Gasteiger partial charge in [0.05, 0.1) is 5.75 Å². The molecule has 0 aromatic heterocycles. The molecular weight excluding hydrogens is 292 g/mol. The maximum Gasteiger partial charge on any atom is 0.236 e. The summed E-state index contributed by atoms with van der Waals surface area (Å²) in [6.45, 7) is 4.47. The molecule has 1 aromatic carbocycles. The number of benzene rings is 1. The van der Waals surface area contributed by atoms with Crippen molar-refractivity contribution in [3.8, 4) is 0 Å². The Morgan fingerprint density at radius 2 is 1.82 bits per heavy atom. The number of carbonyl (C=O) groups excluding carboxylic acids is 1. The minimum Gasteiger partial charge on any atom is -0.311 e. The minimum atomic E-state index is 0.269. The van der Waals surface area contributed by atoms with Crippen LogP contribution in [-0.4, -0.2) is 48.5 Å². The van der Waals surface area contributed by atoms with Crippen molar-refractivity contribution in [3.63, 3.8) is 0 Å². The summed E-state index contributed by atoms with van der Waals surface area (Å²) in [5.74, 6) is 1.95. The number of carbonyl (C=O) groups is 1. The van der Waals surface area contributed by atoms with Crippen LogP contribution in [0.25, 0.3) is 0 Å². The molecule has 2 aliphatic heterocycles. The lowest BCUT2D eigenvalue weighted by Crippen LogP contribution is -2.31. The van der Waals surface area contributed by atoms with Crippen molar-refractivity contribution in [1.29, 1.82) is 0 Å². The molecule has 3 rings (SSSR count). The van der Waals surface area contributed by atoms with Crippen LogP contribution in [-0.2, 0) is 11.2 Å². The number of rotatable bonds is 5. The average Bonchev–Trinajstić information content (AvgIpc) is 2.80. The molecule has 0 N–H and O–H groups in total. The number of para-hydroxylation sites is 1. The Labute approximate surface area is 138 Å². The van der Waals surface area contributed by atoms with Crippen LogP contribution in [0.5, 0.6) is 0 Å². The molecule has 1 aromatic rings. The molecule has 2 aliphatic rings. The van der Waals surface area contributed by atoms with Crippen molar-refractivity contribution >= 4 is 23.4 Å². The molecule has 0 radical (unpaired) electrons. The molecule has 0 bridgehead atoms. The standard InChI is InChI=1S/C18H26N2OS/c21-18(20-12-9-16-7-3-4-8-17(16)20)15-22-14-13-19-10-5-1-2-6-11-19/h3-4,7-8H,1-2,5-6,9-15H2. The average molecular weight is 318 g/mol. The number of amides is 1. The van der Waals surface area contributed by atoms with Gasteiger partial charge in [-0.05, 0) is 44.0 Å². The maximum atomic E-state index is 12.4. The second kappa shape index (κ2) is 8.02. The van der Waals surface area contributed by atoms with E-state index in [1.165, 1.54) is 44.3 Å². The zero-order chi connectivity index (χ0) is 15.2. The summed E-state index contributed by atoms with van der Waals surface area (Å²) in [6, 6.07) is 8.29. The van der Waals surface area contributed by atoms with Crippen LogP contribution >= 0.6 is 11.8 Å². The number of hydrogen-bond donors (Lipinski definition) is 0. The summed E-state index contributed by atoms with van der Waals surface area (Å²) in [4.78, 5) is 16.9. The van der Waals surface area contributed by atoms with Crippen molar-refractivity contribution in [2.24, 2.45) is 0 Å². The van der Waals surface area contributed by atoms with Gasteiger partial charge in [-0.2, -0.15) is 11.8 Å². The van der Waals surface area contributed by atoms with Crippen molar-refractivity contribution in [1.82, 2.24) is 4.90 Å². The lowest BCUT2D eigenvalue weighted by molar-refractivity contribution is -0.116. The van der Waals surface area contributed by atoms with Gasteiger partial charge in [0.15, 0.2) is 0 Å².